The maximum absolute atomic E-state index is 14.7. The van der Waals surface area contributed by atoms with Gasteiger partial charge in [0, 0.05) is 24.7 Å². The first-order valence-electron chi connectivity index (χ1n) is 16.8. The van der Waals surface area contributed by atoms with Crippen LogP contribution in [-0.4, -0.2) is 62.1 Å². The first kappa shape index (κ1) is 32.0. The van der Waals surface area contributed by atoms with Crippen LogP contribution in [0.15, 0.2) is 46.1 Å². The average molecular weight is 636 g/mol. The van der Waals surface area contributed by atoms with Gasteiger partial charge < -0.3 is 10.2 Å². The summed E-state index contributed by atoms with van der Waals surface area (Å²) in [5, 5.41) is 3.62. The Balaban J connectivity index is 1.30. The summed E-state index contributed by atoms with van der Waals surface area (Å²) < 4.78 is 17.4. The van der Waals surface area contributed by atoms with E-state index >= 15 is 0 Å². The van der Waals surface area contributed by atoms with Crippen LogP contribution in [0.3, 0.4) is 0 Å². The zero-order chi connectivity index (χ0) is 31.6. The molecule has 0 unspecified atom stereocenters. The molecule has 6 rings (SSSR count). The second-order valence-corrected chi connectivity index (χ2v) is 14.4. The number of amides is 1. The number of thioether (sulfide) groups is 1. The van der Waals surface area contributed by atoms with Crippen molar-refractivity contribution < 1.29 is 9.18 Å². The van der Waals surface area contributed by atoms with Gasteiger partial charge in [0.25, 0.3) is 5.56 Å². The Kier molecular flexibility index (Phi) is 9.80. The van der Waals surface area contributed by atoms with E-state index in [1.54, 1.807) is 4.57 Å². The lowest BCUT2D eigenvalue weighted by atomic mass is 9.71. The number of unbranched alkanes of at least 4 members (excludes halogenated alkanes) is 1. The third kappa shape index (κ3) is 6.24. The Bertz CT molecular complexity index is 1620. The number of fused-ring (bicyclic) bond motifs is 1. The van der Waals surface area contributed by atoms with E-state index in [-0.39, 0.29) is 40.8 Å². The Morgan fingerprint density at radius 2 is 1.69 bits per heavy atom. The molecule has 0 bridgehead atoms. The largest absolute Gasteiger partial charge is 0.339 e. The highest BCUT2D eigenvalue weighted by Crippen LogP contribution is 2.39. The minimum atomic E-state index is -0.579. The summed E-state index contributed by atoms with van der Waals surface area (Å²) in [6.07, 6.45) is 8.85. The van der Waals surface area contributed by atoms with Crippen LogP contribution < -0.4 is 16.6 Å². The van der Waals surface area contributed by atoms with Crippen molar-refractivity contribution in [1.82, 2.24) is 24.3 Å². The van der Waals surface area contributed by atoms with Crippen molar-refractivity contribution in [2.24, 2.45) is 0 Å². The van der Waals surface area contributed by atoms with Crippen molar-refractivity contribution in [3.05, 3.63) is 74.3 Å². The minimum absolute atomic E-state index is 0.0466. The van der Waals surface area contributed by atoms with E-state index in [1.165, 1.54) is 16.2 Å². The highest BCUT2D eigenvalue weighted by Gasteiger charge is 2.45. The molecule has 3 fully saturated rings. The van der Waals surface area contributed by atoms with Crippen molar-refractivity contribution in [3.8, 4) is 0 Å². The van der Waals surface area contributed by atoms with Gasteiger partial charge in [-0.2, -0.15) is 11.8 Å². The molecule has 2 saturated heterocycles. The van der Waals surface area contributed by atoms with E-state index in [9.17, 15) is 18.8 Å². The van der Waals surface area contributed by atoms with Gasteiger partial charge in [-0.1, -0.05) is 43.2 Å². The first-order valence-corrected chi connectivity index (χ1v) is 18.0. The van der Waals surface area contributed by atoms with E-state index in [4.69, 9.17) is 0 Å². The minimum Gasteiger partial charge on any atom is -0.339 e. The normalized spacial score (nSPS) is 22.4. The van der Waals surface area contributed by atoms with Crippen LogP contribution in [0.25, 0.3) is 11.0 Å². The molecule has 0 radical (unpaired) electrons. The molecule has 3 aliphatic rings. The van der Waals surface area contributed by atoms with Crippen LogP contribution >= 0.6 is 11.8 Å². The number of hydrogen-bond acceptors (Lipinski definition) is 6. The molecule has 1 saturated carbocycles. The van der Waals surface area contributed by atoms with E-state index in [0.29, 0.717) is 32.2 Å². The lowest BCUT2D eigenvalue weighted by Gasteiger charge is -2.45. The fourth-order valence-corrected chi connectivity index (χ4v) is 8.91. The van der Waals surface area contributed by atoms with Crippen molar-refractivity contribution in [2.45, 2.75) is 102 Å². The molecular formula is C35H46FN5O3S. The summed E-state index contributed by atoms with van der Waals surface area (Å²) in [5.74, 6) is 1.51. The molecule has 1 aromatic carbocycles. The number of carbonyl (C=O) groups excluding carboxylic acids is 1. The van der Waals surface area contributed by atoms with Gasteiger partial charge in [0.2, 0.25) is 5.91 Å². The molecule has 2 aliphatic heterocycles. The predicted molar refractivity (Wildman–Crippen MR) is 179 cm³/mol. The number of benzene rings is 1. The van der Waals surface area contributed by atoms with Gasteiger partial charge in [0.15, 0.2) is 0 Å². The van der Waals surface area contributed by atoms with Crippen molar-refractivity contribution in [1.29, 1.82) is 0 Å². The van der Waals surface area contributed by atoms with Crippen LogP contribution in [0.2, 0.25) is 0 Å². The molecule has 1 amide bonds. The number of aromatic nitrogens is 3. The predicted octanol–water partition coefficient (Wildman–Crippen LogP) is 5.51. The van der Waals surface area contributed by atoms with E-state index in [1.807, 2.05) is 11.8 Å². The summed E-state index contributed by atoms with van der Waals surface area (Å²) in [4.78, 5) is 49.0. The number of pyridine rings is 1. The second kappa shape index (κ2) is 13.8. The number of piperidine rings is 1. The number of halogens is 1. The van der Waals surface area contributed by atoms with E-state index < -0.39 is 16.8 Å². The Hall–Kier alpha value is -2.98. The monoisotopic (exact) mass is 635 g/mol. The lowest BCUT2D eigenvalue weighted by Crippen LogP contribution is -2.56. The molecule has 10 heteroatoms. The molecular weight excluding hydrogens is 589 g/mol. The number of aryl methyl sites for hydroxylation is 1. The number of nitrogens with one attached hydrogen (secondary N) is 1. The molecule has 4 heterocycles. The maximum atomic E-state index is 14.7. The Labute approximate surface area is 268 Å². The third-order valence-electron chi connectivity index (χ3n) is 10.4. The molecule has 0 atom stereocenters. The molecule has 1 N–H and O–H groups in total. The Morgan fingerprint density at radius 3 is 2.36 bits per heavy atom. The molecule has 0 spiro atoms. The molecule has 1 aliphatic carbocycles. The van der Waals surface area contributed by atoms with Crippen molar-refractivity contribution >= 4 is 28.7 Å². The van der Waals surface area contributed by atoms with Crippen LogP contribution in [-0.2, 0) is 10.2 Å². The number of rotatable bonds is 8. The fraction of sp³-hybridized carbons (Fsp3) is 0.600. The summed E-state index contributed by atoms with van der Waals surface area (Å²) >= 11 is 1.86. The summed E-state index contributed by atoms with van der Waals surface area (Å²) in [6, 6.07) is 9.39. The second-order valence-electron chi connectivity index (χ2n) is 13.2. The maximum Gasteiger partial charge on any atom is 0.333 e. The summed E-state index contributed by atoms with van der Waals surface area (Å²) in [7, 11) is 0. The third-order valence-corrected chi connectivity index (χ3v) is 11.5. The van der Waals surface area contributed by atoms with Crippen LogP contribution in [0.1, 0.15) is 94.3 Å². The zero-order valence-electron chi connectivity index (χ0n) is 26.6. The van der Waals surface area contributed by atoms with Crippen LogP contribution in [0.4, 0.5) is 4.39 Å². The topological polar surface area (TPSA) is 89.2 Å². The highest BCUT2D eigenvalue weighted by molar-refractivity contribution is 7.99. The number of nitrogens with zero attached hydrogens (tertiary/aromatic N) is 4. The van der Waals surface area contributed by atoms with Gasteiger partial charge in [-0.25, -0.2) is 14.2 Å². The van der Waals surface area contributed by atoms with Crippen molar-refractivity contribution in [2.75, 3.05) is 31.1 Å². The average Bonchev–Trinajstić information content (AvgIpc) is 3.07. The van der Waals surface area contributed by atoms with E-state index in [2.05, 4.69) is 53.3 Å². The number of carbonyl (C=O) groups is 1. The zero-order valence-corrected chi connectivity index (χ0v) is 27.4. The van der Waals surface area contributed by atoms with Crippen molar-refractivity contribution in [3.63, 3.8) is 0 Å². The molecule has 3 aromatic rings. The van der Waals surface area contributed by atoms with Crippen LogP contribution in [0.5, 0.6) is 0 Å². The molecule has 45 heavy (non-hydrogen) atoms. The smallest absolute Gasteiger partial charge is 0.333 e. The molecule has 2 aromatic heterocycles. The summed E-state index contributed by atoms with van der Waals surface area (Å²) in [5.41, 5.74) is 1.22. The first-order chi connectivity index (χ1) is 21.8. The molecule has 8 nitrogen and oxygen atoms in total. The van der Waals surface area contributed by atoms with Gasteiger partial charge in [0.1, 0.15) is 11.5 Å². The van der Waals surface area contributed by atoms with Gasteiger partial charge >= 0.3 is 5.69 Å². The SMILES string of the molecule is CCCCN(C(=O)C1(c2ccc(C)cc2)CCNCC1)C1CCC(n2c(=O)c3cc(F)cnc3n(C3CCSCC3)c2=O)CC1. The van der Waals surface area contributed by atoms with Gasteiger partial charge in [-0.15, -0.1) is 0 Å². The van der Waals surface area contributed by atoms with Gasteiger partial charge in [-0.3, -0.25) is 18.7 Å². The van der Waals surface area contributed by atoms with Gasteiger partial charge in [-0.05, 0) is 101 Å². The van der Waals surface area contributed by atoms with Crippen LogP contribution in [0, 0.1) is 12.7 Å². The standard InChI is InChI=1S/C35H46FN5O3S/c1-3-4-19-39(33(43)35(15-17-37-18-16-35)25-7-5-24(2)6-8-25)27-9-11-28(12-10-27)41-32(42)30-22-26(36)23-38-31(30)40(34(41)44)29-13-20-45-21-14-29/h5-8,22-23,27-29,37H,3-4,9-21H2,1-2H3. The fourth-order valence-electron chi connectivity index (χ4n) is 7.83. The molecule has 242 valence electrons. The van der Waals surface area contributed by atoms with E-state index in [0.717, 1.165) is 74.9 Å². The Morgan fingerprint density at radius 1 is 1.02 bits per heavy atom. The number of hydrogen-bond donors (Lipinski definition) is 1. The summed E-state index contributed by atoms with van der Waals surface area (Å²) in [6.45, 7) is 6.54. The lowest BCUT2D eigenvalue weighted by molar-refractivity contribution is -0.142. The highest BCUT2D eigenvalue weighted by atomic mass is 32.2. The van der Waals surface area contributed by atoms with Gasteiger partial charge in [0.05, 0.1) is 17.0 Å². The quantitative estimate of drug-likeness (QED) is 0.351.